The number of aromatic nitrogens is 2. The Kier molecular flexibility index (Phi) is 4.04. The highest BCUT2D eigenvalue weighted by atomic mass is 35.5. The molecule has 1 aromatic heterocycles. The van der Waals surface area contributed by atoms with E-state index < -0.39 is 0 Å². The summed E-state index contributed by atoms with van der Waals surface area (Å²) in [5, 5.41) is 1.13. The molecule has 0 aliphatic carbocycles. The molecule has 0 bridgehead atoms. The van der Waals surface area contributed by atoms with Gasteiger partial charge in [0, 0.05) is 24.5 Å². The van der Waals surface area contributed by atoms with E-state index in [0.29, 0.717) is 11.0 Å². The van der Waals surface area contributed by atoms with Crippen molar-refractivity contribution in [3.8, 4) is 0 Å². The standard InChI is InChI=1S/C13H13Cl2N3/c1-9(10-3-5-11(14)6-4-10)18(2)13-12(15)16-7-8-17-13/h3-9H,1-2H3/t9-/m0/s1. The maximum atomic E-state index is 6.04. The van der Waals surface area contributed by atoms with Gasteiger partial charge in [-0.2, -0.15) is 0 Å². The van der Waals surface area contributed by atoms with Crippen LogP contribution in [0, 0.1) is 0 Å². The highest BCUT2D eigenvalue weighted by Gasteiger charge is 2.16. The van der Waals surface area contributed by atoms with Gasteiger partial charge in [-0.3, -0.25) is 0 Å². The fraction of sp³-hybridized carbons (Fsp3) is 0.231. The summed E-state index contributed by atoms with van der Waals surface area (Å²) in [4.78, 5) is 10.3. The van der Waals surface area contributed by atoms with Gasteiger partial charge in [-0.05, 0) is 24.6 Å². The predicted octanol–water partition coefficient (Wildman–Crippen LogP) is 3.98. The van der Waals surface area contributed by atoms with E-state index in [2.05, 4.69) is 16.9 Å². The topological polar surface area (TPSA) is 29.0 Å². The molecule has 0 saturated carbocycles. The molecule has 3 nitrogen and oxygen atoms in total. The molecular weight excluding hydrogens is 269 g/mol. The molecule has 1 aromatic carbocycles. The van der Waals surface area contributed by atoms with E-state index in [0.717, 1.165) is 10.6 Å². The Morgan fingerprint density at radius 2 is 1.67 bits per heavy atom. The van der Waals surface area contributed by atoms with Gasteiger partial charge in [-0.15, -0.1) is 0 Å². The number of benzene rings is 1. The fourth-order valence-electron chi connectivity index (χ4n) is 1.70. The zero-order chi connectivity index (χ0) is 13.1. The minimum absolute atomic E-state index is 0.136. The van der Waals surface area contributed by atoms with Crippen LogP contribution in [0.3, 0.4) is 0 Å². The lowest BCUT2D eigenvalue weighted by molar-refractivity contribution is 0.726. The Morgan fingerprint density at radius 3 is 2.28 bits per heavy atom. The second-order valence-electron chi connectivity index (χ2n) is 4.01. The number of anilines is 1. The molecule has 0 N–H and O–H groups in total. The first-order chi connectivity index (χ1) is 8.59. The van der Waals surface area contributed by atoms with Crippen molar-refractivity contribution in [1.29, 1.82) is 0 Å². The third-order valence-electron chi connectivity index (χ3n) is 2.90. The summed E-state index contributed by atoms with van der Waals surface area (Å²) < 4.78 is 0. The van der Waals surface area contributed by atoms with Crippen molar-refractivity contribution < 1.29 is 0 Å². The summed E-state index contributed by atoms with van der Waals surface area (Å²) >= 11 is 11.9. The van der Waals surface area contributed by atoms with Crippen molar-refractivity contribution in [3.05, 3.63) is 52.4 Å². The summed E-state index contributed by atoms with van der Waals surface area (Å²) in [6.45, 7) is 2.08. The average molecular weight is 282 g/mol. The Labute approximate surface area is 116 Å². The van der Waals surface area contributed by atoms with E-state index in [1.165, 1.54) is 0 Å². The van der Waals surface area contributed by atoms with Crippen LogP contribution >= 0.6 is 23.2 Å². The number of hydrogen-bond donors (Lipinski definition) is 0. The van der Waals surface area contributed by atoms with Crippen LogP contribution in [0.4, 0.5) is 5.82 Å². The summed E-state index contributed by atoms with van der Waals surface area (Å²) in [6.07, 6.45) is 3.21. The van der Waals surface area contributed by atoms with Gasteiger partial charge < -0.3 is 4.90 Å². The third kappa shape index (κ3) is 2.74. The minimum atomic E-state index is 0.136. The van der Waals surface area contributed by atoms with Crippen LogP contribution in [-0.2, 0) is 0 Å². The maximum Gasteiger partial charge on any atom is 0.171 e. The highest BCUT2D eigenvalue weighted by Crippen LogP contribution is 2.28. The van der Waals surface area contributed by atoms with E-state index in [1.807, 2.05) is 36.2 Å². The van der Waals surface area contributed by atoms with Gasteiger partial charge in [-0.1, -0.05) is 35.3 Å². The van der Waals surface area contributed by atoms with Gasteiger partial charge >= 0.3 is 0 Å². The van der Waals surface area contributed by atoms with Crippen LogP contribution < -0.4 is 4.90 Å². The molecule has 0 amide bonds. The average Bonchev–Trinajstić information content (AvgIpc) is 2.38. The van der Waals surface area contributed by atoms with Crippen LogP contribution in [0.2, 0.25) is 10.2 Å². The van der Waals surface area contributed by atoms with Crippen molar-refractivity contribution in [1.82, 2.24) is 9.97 Å². The number of nitrogens with zero attached hydrogens (tertiary/aromatic N) is 3. The number of hydrogen-bond acceptors (Lipinski definition) is 3. The van der Waals surface area contributed by atoms with E-state index >= 15 is 0 Å². The van der Waals surface area contributed by atoms with Gasteiger partial charge in [0.2, 0.25) is 0 Å². The third-order valence-corrected chi connectivity index (χ3v) is 3.42. The first-order valence-electron chi connectivity index (χ1n) is 5.54. The summed E-state index contributed by atoms with van der Waals surface area (Å²) in [5.74, 6) is 0.668. The molecular formula is C13H13Cl2N3. The highest BCUT2D eigenvalue weighted by molar-refractivity contribution is 6.31. The van der Waals surface area contributed by atoms with Crippen LogP contribution in [0.25, 0.3) is 0 Å². The molecule has 2 rings (SSSR count). The smallest absolute Gasteiger partial charge is 0.171 e. The van der Waals surface area contributed by atoms with Gasteiger partial charge in [0.05, 0.1) is 6.04 Å². The van der Waals surface area contributed by atoms with Gasteiger partial charge in [0.15, 0.2) is 11.0 Å². The van der Waals surface area contributed by atoms with Crippen molar-refractivity contribution in [2.75, 3.05) is 11.9 Å². The molecule has 18 heavy (non-hydrogen) atoms. The molecule has 0 saturated heterocycles. The van der Waals surface area contributed by atoms with Crippen LogP contribution in [0.5, 0.6) is 0 Å². The zero-order valence-corrected chi connectivity index (χ0v) is 11.7. The van der Waals surface area contributed by atoms with Crippen LogP contribution in [-0.4, -0.2) is 17.0 Å². The monoisotopic (exact) mass is 281 g/mol. The second kappa shape index (κ2) is 5.55. The predicted molar refractivity (Wildman–Crippen MR) is 75.3 cm³/mol. The number of rotatable bonds is 3. The van der Waals surface area contributed by atoms with E-state index in [9.17, 15) is 0 Å². The van der Waals surface area contributed by atoms with Gasteiger partial charge in [0.25, 0.3) is 0 Å². The molecule has 5 heteroatoms. The van der Waals surface area contributed by atoms with Crippen molar-refractivity contribution in [2.45, 2.75) is 13.0 Å². The van der Waals surface area contributed by atoms with Gasteiger partial charge in [-0.25, -0.2) is 9.97 Å². The Balaban J connectivity index is 2.26. The second-order valence-corrected chi connectivity index (χ2v) is 4.80. The zero-order valence-electron chi connectivity index (χ0n) is 10.1. The Morgan fingerprint density at radius 1 is 1.06 bits per heavy atom. The normalized spacial score (nSPS) is 12.2. The quantitative estimate of drug-likeness (QED) is 0.852. The molecule has 0 radical (unpaired) electrons. The SMILES string of the molecule is C[C@@H](c1ccc(Cl)cc1)N(C)c1nccnc1Cl. The van der Waals surface area contributed by atoms with E-state index in [-0.39, 0.29) is 6.04 Å². The maximum absolute atomic E-state index is 6.04. The lowest BCUT2D eigenvalue weighted by Gasteiger charge is -2.26. The van der Waals surface area contributed by atoms with Crippen molar-refractivity contribution >= 4 is 29.0 Å². The van der Waals surface area contributed by atoms with Gasteiger partial charge in [0.1, 0.15) is 0 Å². The van der Waals surface area contributed by atoms with Crippen molar-refractivity contribution in [2.24, 2.45) is 0 Å². The summed E-state index contributed by atoms with van der Waals surface area (Å²) in [5.41, 5.74) is 1.14. The molecule has 94 valence electrons. The van der Waals surface area contributed by atoms with Crippen LogP contribution in [0.1, 0.15) is 18.5 Å². The molecule has 1 heterocycles. The van der Waals surface area contributed by atoms with Crippen LogP contribution in [0.15, 0.2) is 36.7 Å². The molecule has 0 unspecified atom stereocenters. The molecule has 0 spiro atoms. The lowest BCUT2D eigenvalue weighted by atomic mass is 10.1. The summed E-state index contributed by atoms with van der Waals surface area (Å²) in [7, 11) is 1.94. The molecule has 0 aliphatic rings. The molecule has 1 atom stereocenters. The molecule has 2 aromatic rings. The molecule has 0 aliphatic heterocycles. The first-order valence-corrected chi connectivity index (χ1v) is 6.30. The van der Waals surface area contributed by atoms with E-state index in [1.54, 1.807) is 12.4 Å². The first kappa shape index (κ1) is 13.1. The minimum Gasteiger partial charge on any atom is -0.350 e. The fourth-order valence-corrected chi connectivity index (χ4v) is 2.06. The van der Waals surface area contributed by atoms with Crippen molar-refractivity contribution in [3.63, 3.8) is 0 Å². The largest absolute Gasteiger partial charge is 0.350 e. The Hall–Kier alpha value is -1.32. The number of halogens is 2. The summed E-state index contributed by atoms with van der Waals surface area (Å²) in [6, 6.07) is 7.87. The lowest BCUT2D eigenvalue weighted by Crippen LogP contribution is -2.23. The molecule has 0 fully saturated rings. The van der Waals surface area contributed by atoms with E-state index in [4.69, 9.17) is 23.2 Å². The Bertz CT molecular complexity index is 528.